The van der Waals surface area contributed by atoms with Crippen molar-refractivity contribution < 1.29 is 23.8 Å². The monoisotopic (exact) mass is 266 g/mol. The van der Waals surface area contributed by atoms with E-state index >= 15 is 0 Å². The van der Waals surface area contributed by atoms with Crippen molar-refractivity contribution in [3.63, 3.8) is 0 Å². The zero-order chi connectivity index (χ0) is 13.6. The summed E-state index contributed by atoms with van der Waals surface area (Å²) in [6.45, 7) is -0.304. The van der Waals surface area contributed by atoms with Gasteiger partial charge in [0.2, 0.25) is 0 Å². The highest BCUT2D eigenvalue weighted by Gasteiger charge is 2.53. The lowest BCUT2D eigenvalue weighted by Gasteiger charge is -2.36. The van der Waals surface area contributed by atoms with Crippen molar-refractivity contribution in [3.8, 4) is 5.75 Å². The van der Waals surface area contributed by atoms with Crippen molar-refractivity contribution >= 4 is 11.9 Å². The number of amides is 3. The number of urea groups is 1. The van der Waals surface area contributed by atoms with Crippen LogP contribution in [0.4, 0.5) is 9.18 Å². The summed E-state index contributed by atoms with van der Waals surface area (Å²) in [5, 5.41) is 13.9. The molecule has 3 N–H and O–H groups in total. The molecule has 6 nitrogen and oxygen atoms in total. The summed E-state index contributed by atoms with van der Waals surface area (Å²) in [4.78, 5) is 23.4. The van der Waals surface area contributed by atoms with Gasteiger partial charge >= 0.3 is 6.03 Å². The molecule has 3 rings (SSSR count). The molecule has 2 atom stereocenters. The van der Waals surface area contributed by atoms with Crippen LogP contribution in [0.15, 0.2) is 18.2 Å². The number of aliphatic hydroxyl groups excluding tert-OH is 1. The zero-order valence-electron chi connectivity index (χ0n) is 9.77. The van der Waals surface area contributed by atoms with Crippen LogP contribution in [0, 0.1) is 5.82 Å². The van der Waals surface area contributed by atoms with Crippen molar-refractivity contribution in [3.05, 3.63) is 29.6 Å². The van der Waals surface area contributed by atoms with Gasteiger partial charge in [-0.3, -0.25) is 10.1 Å². The van der Waals surface area contributed by atoms with Crippen molar-refractivity contribution in [2.24, 2.45) is 0 Å². The molecule has 0 saturated carbocycles. The maximum absolute atomic E-state index is 13.4. The third-order valence-electron chi connectivity index (χ3n) is 3.37. The van der Waals surface area contributed by atoms with Crippen LogP contribution in [0.25, 0.3) is 0 Å². The quantitative estimate of drug-likeness (QED) is 0.624. The Morgan fingerprint density at radius 3 is 2.89 bits per heavy atom. The number of benzene rings is 1. The summed E-state index contributed by atoms with van der Waals surface area (Å²) in [5.74, 6) is -0.812. The van der Waals surface area contributed by atoms with E-state index in [1.165, 1.54) is 12.1 Å². The van der Waals surface area contributed by atoms with Gasteiger partial charge in [0, 0.05) is 12.0 Å². The summed E-state index contributed by atoms with van der Waals surface area (Å²) in [7, 11) is 0. The first-order valence-electron chi connectivity index (χ1n) is 5.76. The minimum atomic E-state index is -1.37. The molecular formula is C12H11FN2O4. The molecular weight excluding hydrogens is 255 g/mol. The van der Waals surface area contributed by atoms with Gasteiger partial charge < -0.3 is 15.2 Å². The molecule has 2 heterocycles. The highest BCUT2D eigenvalue weighted by Crippen LogP contribution is 2.41. The standard InChI is InChI=1S/C12H11FN2O4/c13-6-1-2-9-8(3-6)12(4-7(5-16)19-9)10(17)14-11(18)15-12/h1-3,7,16H,4-5H2,(H2,14,15,17,18). The highest BCUT2D eigenvalue weighted by molar-refractivity contribution is 6.07. The van der Waals surface area contributed by atoms with Gasteiger partial charge in [0.05, 0.1) is 6.61 Å². The van der Waals surface area contributed by atoms with Gasteiger partial charge in [-0.15, -0.1) is 0 Å². The van der Waals surface area contributed by atoms with Crippen LogP contribution in [-0.2, 0) is 10.3 Å². The minimum Gasteiger partial charge on any atom is -0.488 e. The van der Waals surface area contributed by atoms with Gasteiger partial charge in [0.15, 0.2) is 5.54 Å². The Labute approximate surface area is 107 Å². The van der Waals surface area contributed by atoms with Gasteiger partial charge in [-0.1, -0.05) is 0 Å². The first kappa shape index (κ1) is 11.9. The number of fused-ring (bicyclic) bond motifs is 2. The van der Waals surface area contributed by atoms with Gasteiger partial charge in [-0.05, 0) is 18.2 Å². The van der Waals surface area contributed by atoms with Crippen LogP contribution in [-0.4, -0.2) is 29.8 Å². The van der Waals surface area contributed by atoms with E-state index in [1.807, 2.05) is 0 Å². The normalized spacial score (nSPS) is 28.6. The van der Waals surface area contributed by atoms with Crippen LogP contribution in [0.3, 0.4) is 0 Å². The molecule has 1 fully saturated rings. The Hall–Kier alpha value is -2.15. The number of carbonyl (C=O) groups is 2. The first-order valence-corrected chi connectivity index (χ1v) is 5.76. The van der Waals surface area contributed by atoms with E-state index in [0.29, 0.717) is 0 Å². The second-order valence-corrected chi connectivity index (χ2v) is 4.58. The summed E-state index contributed by atoms with van der Waals surface area (Å²) in [5.41, 5.74) is -1.11. The second-order valence-electron chi connectivity index (χ2n) is 4.58. The molecule has 1 aromatic rings. The zero-order valence-corrected chi connectivity index (χ0v) is 9.77. The predicted molar refractivity (Wildman–Crippen MR) is 60.9 cm³/mol. The fourth-order valence-electron chi connectivity index (χ4n) is 2.54. The lowest BCUT2D eigenvalue weighted by atomic mass is 9.82. The minimum absolute atomic E-state index is 0.0531. The molecule has 1 spiro atoms. The van der Waals surface area contributed by atoms with Gasteiger partial charge in [-0.25, -0.2) is 9.18 Å². The van der Waals surface area contributed by atoms with Crippen molar-refractivity contribution in [2.45, 2.75) is 18.1 Å². The van der Waals surface area contributed by atoms with Gasteiger partial charge in [-0.2, -0.15) is 0 Å². The van der Waals surface area contributed by atoms with E-state index in [4.69, 9.17) is 4.74 Å². The van der Waals surface area contributed by atoms with E-state index in [2.05, 4.69) is 10.6 Å². The number of aliphatic hydroxyl groups is 1. The van der Waals surface area contributed by atoms with E-state index < -0.39 is 29.4 Å². The molecule has 100 valence electrons. The van der Waals surface area contributed by atoms with Gasteiger partial charge in [0.1, 0.15) is 17.7 Å². The maximum Gasteiger partial charge on any atom is 0.322 e. The molecule has 0 radical (unpaired) electrons. The number of halogens is 1. The Morgan fingerprint density at radius 1 is 1.47 bits per heavy atom. The largest absolute Gasteiger partial charge is 0.488 e. The van der Waals surface area contributed by atoms with E-state index in [0.717, 1.165) is 6.07 Å². The number of hydrogen-bond donors (Lipinski definition) is 3. The SMILES string of the molecule is O=C1NC(=O)C2(CC(CO)Oc3ccc(F)cc32)N1. The maximum atomic E-state index is 13.4. The first-order chi connectivity index (χ1) is 9.05. The fourth-order valence-corrected chi connectivity index (χ4v) is 2.54. The average Bonchev–Trinajstić information content (AvgIpc) is 2.65. The van der Waals surface area contributed by atoms with Crippen molar-refractivity contribution in [2.75, 3.05) is 6.61 Å². The molecule has 7 heteroatoms. The predicted octanol–water partition coefficient (Wildman–Crippen LogP) is 0.00380. The lowest BCUT2D eigenvalue weighted by molar-refractivity contribution is -0.126. The molecule has 3 amide bonds. The molecule has 0 aromatic heterocycles. The Kier molecular flexibility index (Phi) is 2.46. The van der Waals surface area contributed by atoms with Gasteiger partial charge in [0.25, 0.3) is 5.91 Å². The van der Waals surface area contributed by atoms with Crippen LogP contribution < -0.4 is 15.4 Å². The highest BCUT2D eigenvalue weighted by atomic mass is 19.1. The van der Waals surface area contributed by atoms with E-state index in [1.54, 1.807) is 0 Å². The van der Waals surface area contributed by atoms with E-state index in [9.17, 15) is 19.1 Å². The fraction of sp³-hybridized carbons (Fsp3) is 0.333. The second kappa shape index (κ2) is 3.92. The molecule has 2 aliphatic heterocycles. The van der Waals surface area contributed by atoms with Crippen LogP contribution in [0.5, 0.6) is 5.75 Å². The molecule has 2 aliphatic rings. The number of imide groups is 1. The van der Waals surface area contributed by atoms with Crippen molar-refractivity contribution in [1.29, 1.82) is 0 Å². The number of nitrogens with one attached hydrogen (secondary N) is 2. The molecule has 2 unspecified atom stereocenters. The lowest BCUT2D eigenvalue weighted by Crippen LogP contribution is -2.51. The smallest absolute Gasteiger partial charge is 0.322 e. The third kappa shape index (κ3) is 1.66. The summed E-state index contributed by atoms with van der Waals surface area (Å²) in [6.07, 6.45) is -0.584. The van der Waals surface area contributed by atoms with E-state index in [-0.39, 0.29) is 24.3 Å². The molecule has 1 saturated heterocycles. The third-order valence-corrected chi connectivity index (χ3v) is 3.37. The van der Waals surface area contributed by atoms with Crippen LogP contribution in [0.2, 0.25) is 0 Å². The number of carbonyl (C=O) groups excluding carboxylic acids is 2. The van der Waals surface area contributed by atoms with Crippen molar-refractivity contribution in [1.82, 2.24) is 10.6 Å². The topological polar surface area (TPSA) is 87.7 Å². The molecule has 0 aliphatic carbocycles. The summed E-state index contributed by atoms with van der Waals surface area (Å²) < 4.78 is 18.8. The molecule has 19 heavy (non-hydrogen) atoms. The number of rotatable bonds is 1. The Morgan fingerprint density at radius 2 is 2.26 bits per heavy atom. The average molecular weight is 266 g/mol. The number of ether oxygens (including phenoxy) is 1. The van der Waals surface area contributed by atoms with Crippen LogP contribution in [0.1, 0.15) is 12.0 Å². The number of hydrogen-bond acceptors (Lipinski definition) is 4. The Bertz CT molecular complexity index is 577. The molecule has 0 bridgehead atoms. The summed E-state index contributed by atoms with van der Waals surface area (Å²) >= 11 is 0. The molecule has 1 aromatic carbocycles. The Balaban J connectivity index is 2.17. The summed E-state index contributed by atoms with van der Waals surface area (Å²) in [6, 6.07) is 3.10. The van der Waals surface area contributed by atoms with Crippen LogP contribution >= 0.6 is 0 Å².